The van der Waals surface area contributed by atoms with Gasteiger partial charge in [-0.3, -0.25) is 0 Å². The molecule has 2 aliphatic heterocycles. The zero-order valence-corrected chi connectivity index (χ0v) is 17.2. The van der Waals surface area contributed by atoms with E-state index in [0.29, 0.717) is 24.6 Å². The normalized spacial score (nSPS) is 20.1. The maximum absolute atomic E-state index is 13.2. The van der Waals surface area contributed by atoms with Gasteiger partial charge in [-0.1, -0.05) is 0 Å². The first-order chi connectivity index (χ1) is 13.4. The van der Waals surface area contributed by atoms with Crippen LogP contribution in [0.25, 0.3) is 5.69 Å². The Labute approximate surface area is 174 Å². The number of ether oxygens (including phenoxy) is 2. The highest BCUT2D eigenvalue weighted by Gasteiger charge is 2.35. The summed E-state index contributed by atoms with van der Waals surface area (Å²) in [6.07, 6.45) is -1.75. The molecule has 0 amide bonds. The van der Waals surface area contributed by atoms with Crippen LogP contribution in [-0.2, 0) is 23.9 Å². The van der Waals surface area contributed by atoms with Crippen molar-refractivity contribution >= 4 is 12.4 Å². The molecule has 5 nitrogen and oxygen atoms in total. The molecule has 0 spiro atoms. The predicted octanol–water partition coefficient (Wildman–Crippen LogP) is 4.25. The van der Waals surface area contributed by atoms with Crippen LogP contribution in [0.2, 0.25) is 0 Å². The van der Waals surface area contributed by atoms with E-state index in [-0.39, 0.29) is 24.3 Å². The van der Waals surface area contributed by atoms with Crippen LogP contribution < -0.4 is 10.1 Å². The number of nitrogens with one attached hydrogen (secondary N) is 1. The summed E-state index contributed by atoms with van der Waals surface area (Å²) in [6, 6.07) is 3.95. The Balaban J connectivity index is 0.00000240. The Hall–Kier alpha value is -1.77. The summed E-state index contributed by atoms with van der Waals surface area (Å²) in [7, 11) is 1.25. The van der Waals surface area contributed by atoms with Gasteiger partial charge in [0.2, 0.25) is 0 Å². The molecule has 0 bridgehead atoms. The minimum absolute atomic E-state index is 0. The van der Waals surface area contributed by atoms with Crippen LogP contribution in [0.5, 0.6) is 5.75 Å². The minimum atomic E-state index is -4.46. The molecule has 1 saturated heterocycles. The molecular formula is C20H25ClF3N3O2. The molecule has 9 heteroatoms. The van der Waals surface area contributed by atoms with E-state index in [2.05, 4.69) is 5.32 Å². The van der Waals surface area contributed by atoms with Crippen molar-refractivity contribution in [2.24, 2.45) is 0 Å². The third-order valence-electron chi connectivity index (χ3n) is 5.57. The van der Waals surface area contributed by atoms with Crippen molar-refractivity contribution in [1.29, 1.82) is 0 Å². The quantitative estimate of drug-likeness (QED) is 0.789. The second-order valence-electron chi connectivity index (χ2n) is 7.45. The number of fused-ring (bicyclic) bond motifs is 1. The number of hydrogen-bond acceptors (Lipinski definition) is 4. The lowest BCUT2D eigenvalue weighted by atomic mass is 9.90. The average molecular weight is 432 g/mol. The summed E-state index contributed by atoms with van der Waals surface area (Å²) in [5, 5.41) is 8.22. The van der Waals surface area contributed by atoms with Crippen molar-refractivity contribution in [2.75, 3.05) is 20.2 Å². The Morgan fingerprint density at radius 1 is 1.24 bits per heavy atom. The van der Waals surface area contributed by atoms with Crippen LogP contribution in [0.4, 0.5) is 13.2 Å². The highest BCUT2D eigenvalue weighted by molar-refractivity contribution is 5.85. The lowest BCUT2D eigenvalue weighted by molar-refractivity contribution is -0.138. The lowest BCUT2D eigenvalue weighted by Gasteiger charge is -2.24. The number of methoxy groups -OCH3 is 1. The molecule has 1 atom stereocenters. The number of alkyl halides is 3. The summed E-state index contributed by atoms with van der Waals surface area (Å²) in [5.41, 5.74) is 2.92. The monoisotopic (exact) mass is 431 g/mol. The van der Waals surface area contributed by atoms with Gasteiger partial charge in [0.1, 0.15) is 5.75 Å². The van der Waals surface area contributed by atoms with Gasteiger partial charge in [0.15, 0.2) is 0 Å². The van der Waals surface area contributed by atoms with Gasteiger partial charge in [-0.25, -0.2) is 4.68 Å². The first kappa shape index (κ1) is 21.9. The number of nitrogens with zero attached hydrogens (tertiary/aromatic N) is 2. The topological polar surface area (TPSA) is 48.3 Å². The highest BCUT2D eigenvalue weighted by atomic mass is 35.5. The zero-order chi connectivity index (χ0) is 19.9. The van der Waals surface area contributed by atoms with E-state index in [1.807, 2.05) is 6.92 Å². The van der Waals surface area contributed by atoms with Crippen LogP contribution in [0.15, 0.2) is 18.2 Å². The molecule has 2 aromatic rings. The van der Waals surface area contributed by atoms with Crippen LogP contribution in [0, 0.1) is 0 Å². The van der Waals surface area contributed by atoms with Crippen LogP contribution >= 0.6 is 12.4 Å². The maximum Gasteiger partial charge on any atom is 0.419 e. The number of halogens is 4. The Morgan fingerprint density at radius 3 is 2.62 bits per heavy atom. The fourth-order valence-corrected chi connectivity index (χ4v) is 4.11. The second kappa shape index (κ2) is 8.53. The maximum atomic E-state index is 13.2. The van der Waals surface area contributed by atoms with Gasteiger partial charge in [-0.05, 0) is 45.0 Å². The highest BCUT2D eigenvalue weighted by Crippen LogP contribution is 2.39. The Bertz CT molecular complexity index is 863. The molecule has 1 aromatic carbocycles. The van der Waals surface area contributed by atoms with Gasteiger partial charge in [-0.2, -0.15) is 18.3 Å². The second-order valence-corrected chi connectivity index (χ2v) is 7.45. The number of piperidine rings is 1. The molecule has 0 radical (unpaired) electrons. The number of rotatable bonds is 3. The largest absolute Gasteiger partial charge is 0.496 e. The van der Waals surface area contributed by atoms with Crippen molar-refractivity contribution in [2.45, 2.75) is 51.0 Å². The Morgan fingerprint density at radius 2 is 1.97 bits per heavy atom. The summed E-state index contributed by atoms with van der Waals surface area (Å²) < 4.78 is 52.3. The van der Waals surface area contributed by atoms with Crippen LogP contribution in [0.3, 0.4) is 0 Å². The standard InChI is InChI=1S/C20H24F3N3O2.ClH/c1-12-9-17-15(11-28-12)19(13-5-7-24-8-6-13)25-26(17)14-3-4-16(20(21,22)23)18(10-14)27-2;/h3-4,10,12-13,24H,5-9,11H2,1-2H3;1H/t12-;/m0./s1. The van der Waals surface area contributed by atoms with Crippen molar-refractivity contribution in [3.63, 3.8) is 0 Å². The number of benzene rings is 1. The molecule has 0 unspecified atom stereocenters. The van der Waals surface area contributed by atoms with Crippen molar-refractivity contribution in [1.82, 2.24) is 15.1 Å². The first-order valence-corrected chi connectivity index (χ1v) is 9.57. The molecule has 1 fully saturated rings. The predicted molar refractivity (Wildman–Crippen MR) is 105 cm³/mol. The van der Waals surface area contributed by atoms with Crippen molar-refractivity contribution in [3.8, 4) is 11.4 Å². The molecule has 1 aromatic heterocycles. The molecule has 3 heterocycles. The average Bonchev–Trinajstić information content (AvgIpc) is 3.06. The Kier molecular flexibility index (Phi) is 6.45. The van der Waals surface area contributed by atoms with Crippen molar-refractivity contribution in [3.05, 3.63) is 40.7 Å². The molecule has 0 aliphatic carbocycles. The summed E-state index contributed by atoms with van der Waals surface area (Å²) >= 11 is 0. The smallest absolute Gasteiger partial charge is 0.419 e. The first-order valence-electron chi connectivity index (χ1n) is 9.57. The van der Waals surface area contributed by atoms with E-state index in [9.17, 15) is 13.2 Å². The molecular weight excluding hydrogens is 407 g/mol. The molecule has 2 aliphatic rings. The third kappa shape index (κ3) is 4.25. The van der Waals surface area contributed by atoms with Gasteiger partial charge in [0.05, 0.1) is 42.5 Å². The van der Waals surface area contributed by atoms with E-state index >= 15 is 0 Å². The summed E-state index contributed by atoms with van der Waals surface area (Å²) in [5.74, 6) is 0.141. The van der Waals surface area contributed by atoms with E-state index in [1.54, 1.807) is 4.68 Å². The van der Waals surface area contributed by atoms with E-state index in [1.165, 1.54) is 19.2 Å². The SMILES string of the molecule is COc1cc(-n2nc(C3CCNCC3)c3c2C[C@H](C)OC3)ccc1C(F)(F)F.Cl. The van der Waals surface area contributed by atoms with E-state index in [4.69, 9.17) is 14.6 Å². The lowest BCUT2D eigenvalue weighted by Crippen LogP contribution is -2.27. The zero-order valence-electron chi connectivity index (χ0n) is 16.4. The minimum Gasteiger partial charge on any atom is -0.496 e. The van der Waals surface area contributed by atoms with E-state index < -0.39 is 11.7 Å². The van der Waals surface area contributed by atoms with Gasteiger partial charge in [-0.15, -0.1) is 12.4 Å². The fourth-order valence-electron chi connectivity index (χ4n) is 4.11. The van der Waals surface area contributed by atoms with Gasteiger partial charge < -0.3 is 14.8 Å². The van der Waals surface area contributed by atoms with E-state index in [0.717, 1.165) is 48.9 Å². The van der Waals surface area contributed by atoms with Gasteiger partial charge in [0.25, 0.3) is 0 Å². The summed E-state index contributed by atoms with van der Waals surface area (Å²) in [4.78, 5) is 0. The molecule has 4 rings (SSSR count). The van der Waals surface area contributed by atoms with Crippen molar-refractivity contribution < 1.29 is 22.6 Å². The number of hydrogen-bond donors (Lipinski definition) is 1. The van der Waals surface area contributed by atoms with Gasteiger partial charge >= 0.3 is 6.18 Å². The summed E-state index contributed by atoms with van der Waals surface area (Å²) in [6.45, 7) is 4.38. The molecule has 29 heavy (non-hydrogen) atoms. The molecule has 160 valence electrons. The van der Waals surface area contributed by atoms with Crippen LogP contribution in [-0.4, -0.2) is 36.1 Å². The van der Waals surface area contributed by atoms with Gasteiger partial charge in [0, 0.05) is 24.0 Å². The fraction of sp³-hybridized carbons (Fsp3) is 0.550. The third-order valence-corrected chi connectivity index (χ3v) is 5.57. The molecule has 1 N–H and O–H groups in total. The number of aromatic nitrogens is 2. The molecule has 0 saturated carbocycles. The van der Waals surface area contributed by atoms with Crippen LogP contribution in [0.1, 0.15) is 48.2 Å².